The third-order valence-corrected chi connectivity index (χ3v) is 7.18. The van der Waals surface area contributed by atoms with Crippen LogP contribution >= 0.6 is 0 Å². The van der Waals surface area contributed by atoms with Gasteiger partial charge in [-0.05, 0) is 44.9 Å². The minimum atomic E-state index is -0.836. The summed E-state index contributed by atoms with van der Waals surface area (Å²) in [7, 11) is 0. The third kappa shape index (κ3) is 26.3. The second-order valence-corrected chi connectivity index (χ2v) is 10.9. The summed E-state index contributed by atoms with van der Waals surface area (Å²) < 4.78 is 0. The largest absolute Gasteiger partial charge is 0.394 e. The van der Waals surface area contributed by atoms with E-state index in [1.165, 1.54) is 109 Å². The summed E-state index contributed by atoms with van der Waals surface area (Å²) in [6.07, 6.45) is 35.4. The van der Waals surface area contributed by atoms with Crippen molar-refractivity contribution < 1.29 is 15.0 Å². The average molecular weight is 522 g/mol. The van der Waals surface area contributed by atoms with Gasteiger partial charge in [0.2, 0.25) is 5.91 Å². The van der Waals surface area contributed by atoms with Gasteiger partial charge < -0.3 is 15.5 Å². The van der Waals surface area contributed by atoms with Crippen LogP contribution in [0.1, 0.15) is 162 Å². The zero-order valence-electron chi connectivity index (χ0n) is 24.7. The number of aliphatic hydroxyl groups excluding tert-OH is 2. The molecule has 0 aromatic carbocycles. The summed E-state index contributed by atoms with van der Waals surface area (Å²) in [5, 5.41) is 22.7. The lowest BCUT2D eigenvalue weighted by atomic mass is 10.1. The molecule has 4 heteroatoms. The van der Waals surface area contributed by atoms with Crippen molar-refractivity contribution in [3.8, 4) is 0 Å². The molecule has 4 nitrogen and oxygen atoms in total. The zero-order chi connectivity index (χ0) is 27.2. The van der Waals surface area contributed by atoms with Crippen LogP contribution in [0, 0.1) is 0 Å². The van der Waals surface area contributed by atoms with Gasteiger partial charge >= 0.3 is 0 Å². The molecule has 3 N–H and O–H groups in total. The fourth-order valence-corrected chi connectivity index (χ4v) is 4.64. The fraction of sp³-hybridized carbons (Fsp3) is 0.848. The SMILES string of the molecule is CCCCCCCCC/C=C\CCCCCCCC(=O)NC(CO)C(O)/C=C/CCCCCCCCC. The van der Waals surface area contributed by atoms with E-state index in [0.29, 0.717) is 6.42 Å². The van der Waals surface area contributed by atoms with E-state index in [9.17, 15) is 15.0 Å². The highest BCUT2D eigenvalue weighted by atomic mass is 16.3. The van der Waals surface area contributed by atoms with Crippen molar-refractivity contribution in [2.75, 3.05) is 6.61 Å². The van der Waals surface area contributed by atoms with Gasteiger partial charge in [-0.2, -0.15) is 0 Å². The highest BCUT2D eigenvalue weighted by molar-refractivity contribution is 5.76. The van der Waals surface area contributed by atoms with Crippen LogP contribution in [-0.4, -0.2) is 34.9 Å². The molecule has 0 saturated heterocycles. The molecular formula is C33H63NO3. The van der Waals surface area contributed by atoms with Gasteiger partial charge in [-0.3, -0.25) is 4.79 Å². The molecule has 1 amide bonds. The van der Waals surface area contributed by atoms with E-state index in [-0.39, 0.29) is 12.5 Å². The lowest BCUT2D eigenvalue weighted by molar-refractivity contribution is -0.123. The molecule has 218 valence electrons. The van der Waals surface area contributed by atoms with Gasteiger partial charge in [-0.1, -0.05) is 134 Å². The van der Waals surface area contributed by atoms with Crippen LogP contribution < -0.4 is 5.32 Å². The second kappa shape index (κ2) is 29.4. The third-order valence-electron chi connectivity index (χ3n) is 7.18. The first kappa shape index (κ1) is 35.9. The number of nitrogens with one attached hydrogen (secondary N) is 1. The van der Waals surface area contributed by atoms with E-state index in [1.807, 2.05) is 6.08 Å². The van der Waals surface area contributed by atoms with Crippen LogP contribution in [0.2, 0.25) is 0 Å². The van der Waals surface area contributed by atoms with E-state index >= 15 is 0 Å². The molecule has 0 saturated carbocycles. The molecule has 0 aliphatic rings. The molecule has 0 aromatic rings. The Kier molecular flexibility index (Phi) is 28.5. The highest BCUT2D eigenvalue weighted by Crippen LogP contribution is 2.11. The van der Waals surface area contributed by atoms with E-state index in [4.69, 9.17) is 0 Å². The Hall–Kier alpha value is -1.13. The molecule has 0 bridgehead atoms. The van der Waals surface area contributed by atoms with E-state index in [0.717, 1.165) is 32.1 Å². The van der Waals surface area contributed by atoms with E-state index in [1.54, 1.807) is 6.08 Å². The van der Waals surface area contributed by atoms with Gasteiger partial charge in [-0.25, -0.2) is 0 Å². The summed E-state index contributed by atoms with van der Waals surface area (Å²) in [5.41, 5.74) is 0. The quantitative estimate of drug-likeness (QED) is 0.0711. The lowest BCUT2D eigenvalue weighted by Gasteiger charge is -2.20. The Morgan fingerprint density at radius 1 is 0.622 bits per heavy atom. The standard InChI is InChI=1S/C33H63NO3/c1-3-5-7-9-11-13-14-15-16-17-18-19-21-23-25-27-29-33(37)34-31(30-35)32(36)28-26-24-22-20-12-10-8-6-4-2/h16-17,26,28,31-32,35-36H,3-15,18-25,27,29-30H2,1-2H3,(H,34,37)/b17-16-,28-26+. The van der Waals surface area contributed by atoms with Crippen LogP contribution in [-0.2, 0) is 4.79 Å². The van der Waals surface area contributed by atoms with Crippen LogP contribution in [0.5, 0.6) is 0 Å². The van der Waals surface area contributed by atoms with E-state index < -0.39 is 12.1 Å². The number of hydrogen-bond acceptors (Lipinski definition) is 3. The number of unbranched alkanes of at least 4 members (excludes halogenated alkanes) is 19. The first-order chi connectivity index (χ1) is 18.2. The van der Waals surface area contributed by atoms with Gasteiger partial charge in [0.1, 0.15) is 0 Å². The first-order valence-corrected chi connectivity index (χ1v) is 16.1. The van der Waals surface area contributed by atoms with Crippen LogP contribution in [0.25, 0.3) is 0 Å². The maximum Gasteiger partial charge on any atom is 0.220 e. The molecule has 0 aliphatic heterocycles. The summed E-state index contributed by atoms with van der Waals surface area (Å²) >= 11 is 0. The summed E-state index contributed by atoms with van der Waals surface area (Å²) in [6, 6.07) is -0.620. The normalized spacial score (nSPS) is 13.5. The molecule has 2 atom stereocenters. The van der Waals surface area contributed by atoms with Crippen molar-refractivity contribution in [2.45, 2.75) is 174 Å². The smallest absolute Gasteiger partial charge is 0.220 e. The number of aliphatic hydroxyl groups is 2. The minimum Gasteiger partial charge on any atom is -0.394 e. The number of amides is 1. The molecule has 0 spiro atoms. The number of carbonyl (C=O) groups is 1. The second-order valence-electron chi connectivity index (χ2n) is 10.9. The summed E-state index contributed by atoms with van der Waals surface area (Å²) in [6.45, 7) is 4.25. The molecular weight excluding hydrogens is 458 g/mol. The van der Waals surface area contributed by atoms with Crippen LogP contribution in [0.3, 0.4) is 0 Å². The van der Waals surface area contributed by atoms with Gasteiger partial charge in [0.05, 0.1) is 18.8 Å². The average Bonchev–Trinajstić information content (AvgIpc) is 2.90. The van der Waals surface area contributed by atoms with Crippen LogP contribution in [0.4, 0.5) is 0 Å². The van der Waals surface area contributed by atoms with Crippen molar-refractivity contribution >= 4 is 5.91 Å². The topological polar surface area (TPSA) is 69.6 Å². The molecule has 0 heterocycles. The minimum absolute atomic E-state index is 0.0770. The Morgan fingerprint density at radius 2 is 1.03 bits per heavy atom. The molecule has 37 heavy (non-hydrogen) atoms. The van der Waals surface area contributed by atoms with Crippen molar-refractivity contribution in [3.05, 3.63) is 24.3 Å². The van der Waals surface area contributed by atoms with Crippen molar-refractivity contribution in [3.63, 3.8) is 0 Å². The van der Waals surface area contributed by atoms with Crippen LogP contribution in [0.15, 0.2) is 24.3 Å². The lowest BCUT2D eigenvalue weighted by Crippen LogP contribution is -2.45. The predicted molar refractivity (Wildman–Crippen MR) is 161 cm³/mol. The number of carbonyl (C=O) groups excluding carboxylic acids is 1. The molecule has 0 aromatic heterocycles. The first-order valence-electron chi connectivity index (χ1n) is 16.1. The van der Waals surface area contributed by atoms with Gasteiger partial charge in [0, 0.05) is 6.42 Å². The summed E-state index contributed by atoms with van der Waals surface area (Å²) in [5.74, 6) is -0.0770. The number of allylic oxidation sites excluding steroid dienone is 3. The monoisotopic (exact) mass is 521 g/mol. The Bertz CT molecular complexity index is 532. The number of rotatable bonds is 28. The maximum atomic E-state index is 12.2. The van der Waals surface area contributed by atoms with Crippen molar-refractivity contribution in [1.29, 1.82) is 0 Å². The molecule has 0 radical (unpaired) electrons. The van der Waals surface area contributed by atoms with Crippen molar-refractivity contribution in [2.24, 2.45) is 0 Å². The predicted octanol–water partition coefficient (Wildman–Crippen LogP) is 8.95. The Labute approximate surface area is 230 Å². The van der Waals surface area contributed by atoms with Gasteiger partial charge in [-0.15, -0.1) is 0 Å². The number of hydrogen-bond donors (Lipinski definition) is 3. The molecule has 0 aliphatic carbocycles. The zero-order valence-corrected chi connectivity index (χ0v) is 24.7. The highest BCUT2D eigenvalue weighted by Gasteiger charge is 2.17. The Balaban J connectivity index is 3.65. The van der Waals surface area contributed by atoms with Gasteiger partial charge in [0.25, 0.3) is 0 Å². The van der Waals surface area contributed by atoms with Gasteiger partial charge in [0.15, 0.2) is 0 Å². The molecule has 2 unspecified atom stereocenters. The van der Waals surface area contributed by atoms with Crippen molar-refractivity contribution in [1.82, 2.24) is 5.32 Å². The fourth-order valence-electron chi connectivity index (χ4n) is 4.64. The maximum absolute atomic E-state index is 12.2. The van der Waals surface area contributed by atoms with E-state index in [2.05, 4.69) is 31.3 Å². The molecule has 0 fully saturated rings. The Morgan fingerprint density at radius 3 is 1.49 bits per heavy atom. The summed E-state index contributed by atoms with van der Waals surface area (Å²) in [4.78, 5) is 12.2. The molecule has 0 rings (SSSR count).